The predicted molar refractivity (Wildman–Crippen MR) is 76.6 cm³/mol. The number of carbonyl (C=O) groups excluding carboxylic acids is 1. The summed E-state index contributed by atoms with van der Waals surface area (Å²) in [5.41, 5.74) is 6.69. The number of carbonyl (C=O) groups is 1. The molecule has 0 aliphatic rings. The highest BCUT2D eigenvalue weighted by Gasteiger charge is 2.15. The van der Waals surface area contributed by atoms with Crippen LogP contribution in [0.2, 0.25) is 0 Å². The first kappa shape index (κ1) is 15.7. The fourth-order valence-electron chi connectivity index (χ4n) is 2.00. The summed E-state index contributed by atoms with van der Waals surface area (Å²) in [5, 5.41) is 12.2. The Morgan fingerprint density at radius 2 is 2.05 bits per heavy atom. The van der Waals surface area contributed by atoms with Crippen molar-refractivity contribution in [1.29, 1.82) is 0 Å². The summed E-state index contributed by atoms with van der Waals surface area (Å²) in [6.45, 7) is 2.49. The van der Waals surface area contributed by atoms with E-state index in [1.807, 2.05) is 37.3 Å². The van der Waals surface area contributed by atoms with Crippen molar-refractivity contribution in [3.63, 3.8) is 0 Å². The maximum Gasteiger partial charge on any atom is 0.220 e. The van der Waals surface area contributed by atoms with Gasteiger partial charge in [0, 0.05) is 6.42 Å². The average molecular weight is 264 g/mol. The molecule has 4 N–H and O–H groups in total. The highest BCUT2D eigenvalue weighted by molar-refractivity contribution is 5.76. The minimum atomic E-state index is -0.231. The molecule has 19 heavy (non-hydrogen) atoms. The average Bonchev–Trinajstić information content (AvgIpc) is 2.45. The number of hydrogen-bond acceptors (Lipinski definition) is 3. The maximum absolute atomic E-state index is 11.9. The smallest absolute Gasteiger partial charge is 0.220 e. The van der Waals surface area contributed by atoms with Crippen LogP contribution in [0, 0.1) is 5.92 Å². The SMILES string of the molecule is CCC(CN)CC(=O)N[C@H](CO)Cc1ccccc1. The molecule has 4 heteroatoms. The van der Waals surface area contributed by atoms with Crippen LogP contribution in [-0.2, 0) is 11.2 Å². The Bertz CT molecular complexity index is 364. The zero-order chi connectivity index (χ0) is 14.1. The fraction of sp³-hybridized carbons (Fsp3) is 0.533. The first-order chi connectivity index (χ1) is 9.19. The summed E-state index contributed by atoms with van der Waals surface area (Å²) in [5.74, 6) is 0.184. The number of aliphatic hydroxyl groups excluding tert-OH is 1. The van der Waals surface area contributed by atoms with E-state index in [2.05, 4.69) is 5.32 Å². The van der Waals surface area contributed by atoms with Gasteiger partial charge in [-0.05, 0) is 24.4 Å². The molecule has 0 aliphatic carbocycles. The number of hydrogen-bond donors (Lipinski definition) is 3. The van der Waals surface area contributed by atoms with Gasteiger partial charge in [-0.15, -0.1) is 0 Å². The van der Waals surface area contributed by atoms with Crippen LogP contribution in [0.3, 0.4) is 0 Å². The second kappa shape index (κ2) is 8.67. The van der Waals surface area contributed by atoms with E-state index in [1.54, 1.807) is 0 Å². The van der Waals surface area contributed by atoms with Gasteiger partial charge < -0.3 is 16.2 Å². The number of aliphatic hydroxyl groups is 1. The Hall–Kier alpha value is -1.39. The van der Waals surface area contributed by atoms with Gasteiger partial charge in [-0.25, -0.2) is 0 Å². The molecule has 1 unspecified atom stereocenters. The predicted octanol–water partition coefficient (Wildman–Crippen LogP) is 1.08. The van der Waals surface area contributed by atoms with Crippen LogP contribution >= 0.6 is 0 Å². The van der Waals surface area contributed by atoms with Crippen molar-refractivity contribution < 1.29 is 9.90 Å². The first-order valence-electron chi connectivity index (χ1n) is 6.83. The van der Waals surface area contributed by atoms with E-state index < -0.39 is 0 Å². The highest BCUT2D eigenvalue weighted by atomic mass is 16.3. The Morgan fingerprint density at radius 3 is 2.58 bits per heavy atom. The van der Waals surface area contributed by atoms with Crippen molar-refractivity contribution in [3.8, 4) is 0 Å². The van der Waals surface area contributed by atoms with Crippen LogP contribution in [0.5, 0.6) is 0 Å². The molecule has 2 atom stereocenters. The van der Waals surface area contributed by atoms with Crippen LogP contribution in [0.15, 0.2) is 30.3 Å². The molecule has 1 rings (SSSR count). The van der Waals surface area contributed by atoms with E-state index in [-0.39, 0.29) is 24.5 Å². The summed E-state index contributed by atoms with van der Waals surface area (Å²) < 4.78 is 0. The van der Waals surface area contributed by atoms with E-state index in [9.17, 15) is 9.90 Å². The van der Waals surface area contributed by atoms with Crippen molar-refractivity contribution in [2.45, 2.75) is 32.2 Å². The van der Waals surface area contributed by atoms with Gasteiger partial charge in [-0.1, -0.05) is 43.7 Å². The van der Waals surface area contributed by atoms with E-state index in [1.165, 1.54) is 0 Å². The molecule has 4 nitrogen and oxygen atoms in total. The van der Waals surface area contributed by atoms with E-state index in [4.69, 9.17) is 5.73 Å². The molecule has 0 bridgehead atoms. The van der Waals surface area contributed by atoms with E-state index in [0.717, 1.165) is 12.0 Å². The summed E-state index contributed by atoms with van der Waals surface area (Å²) in [6, 6.07) is 9.60. The Balaban J connectivity index is 2.46. The summed E-state index contributed by atoms with van der Waals surface area (Å²) in [7, 11) is 0. The Morgan fingerprint density at radius 1 is 1.37 bits per heavy atom. The van der Waals surface area contributed by atoms with Gasteiger partial charge >= 0.3 is 0 Å². The summed E-state index contributed by atoms with van der Waals surface area (Å²) in [6.07, 6.45) is 1.97. The standard InChI is InChI=1S/C15H24N2O2/c1-2-12(10-16)9-15(19)17-14(11-18)8-13-6-4-3-5-7-13/h3-7,12,14,18H,2,8-11,16H2,1H3,(H,17,19)/t12?,14-/m0/s1. The number of nitrogens with two attached hydrogens (primary N) is 1. The maximum atomic E-state index is 11.9. The molecule has 0 radical (unpaired) electrons. The zero-order valence-electron chi connectivity index (χ0n) is 11.5. The molecule has 0 spiro atoms. The molecular weight excluding hydrogens is 240 g/mol. The molecule has 0 aliphatic heterocycles. The molecule has 0 saturated carbocycles. The van der Waals surface area contributed by atoms with Gasteiger partial charge in [0.2, 0.25) is 5.91 Å². The lowest BCUT2D eigenvalue weighted by Crippen LogP contribution is -2.40. The second-order valence-electron chi connectivity index (χ2n) is 4.85. The van der Waals surface area contributed by atoms with Crippen molar-refractivity contribution in [2.75, 3.05) is 13.2 Å². The topological polar surface area (TPSA) is 75.4 Å². The van der Waals surface area contributed by atoms with Gasteiger partial charge in [-0.2, -0.15) is 0 Å². The number of amides is 1. The van der Waals surface area contributed by atoms with E-state index >= 15 is 0 Å². The van der Waals surface area contributed by atoms with Crippen molar-refractivity contribution in [1.82, 2.24) is 5.32 Å². The fourth-order valence-corrected chi connectivity index (χ4v) is 2.00. The highest BCUT2D eigenvalue weighted by Crippen LogP contribution is 2.07. The number of nitrogens with one attached hydrogen (secondary N) is 1. The summed E-state index contributed by atoms with van der Waals surface area (Å²) >= 11 is 0. The molecule has 106 valence electrons. The van der Waals surface area contributed by atoms with Crippen LogP contribution < -0.4 is 11.1 Å². The van der Waals surface area contributed by atoms with Crippen molar-refractivity contribution in [2.24, 2.45) is 11.7 Å². The molecule has 1 aromatic carbocycles. The molecule has 1 amide bonds. The molecule has 0 heterocycles. The first-order valence-corrected chi connectivity index (χ1v) is 6.83. The Labute approximate surface area is 115 Å². The van der Waals surface area contributed by atoms with Crippen molar-refractivity contribution >= 4 is 5.91 Å². The second-order valence-corrected chi connectivity index (χ2v) is 4.85. The van der Waals surface area contributed by atoms with Crippen LogP contribution in [0.25, 0.3) is 0 Å². The Kier molecular flexibility index (Phi) is 7.15. The lowest BCUT2D eigenvalue weighted by Gasteiger charge is -2.18. The lowest BCUT2D eigenvalue weighted by molar-refractivity contribution is -0.123. The third kappa shape index (κ3) is 5.85. The van der Waals surface area contributed by atoms with Gasteiger partial charge in [0.15, 0.2) is 0 Å². The van der Waals surface area contributed by atoms with Gasteiger partial charge in [0.1, 0.15) is 0 Å². The summed E-state index contributed by atoms with van der Waals surface area (Å²) in [4.78, 5) is 11.9. The zero-order valence-corrected chi connectivity index (χ0v) is 11.5. The third-order valence-electron chi connectivity index (χ3n) is 3.30. The molecule has 0 saturated heterocycles. The van der Waals surface area contributed by atoms with E-state index in [0.29, 0.717) is 19.4 Å². The van der Waals surface area contributed by atoms with Crippen LogP contribution in [-0.4, -0.2) is 30.2 Å². The molecule has 0 fully saturated rings. The van der Waals surface area contributed by atoms with Gasteiger partial charge in [0.05, 0.1) is 12.6 Å². The minimum absolute atomic E-state index is 0.0349. The lowest BCUT2D eigenvalue weighted by atomic mass is 10.0. The monoisotopic (exact) mass is 264 g/mol. The van der Waals surface area contributed by atoms with Gasteiger partial charge in [0.25, 0.3) is 0 Å². The molecule has 0 aromatic heterocycles. The number of benzene rings is 1. The minimum Gasteiger partial charge on any atom is -0.394 e. The van der Waals surface area contributed by atoms with Crippen molar-refractivity contribution in [3.05, 3.63) is 35.9 Å². The largest absolute Gasteiger partial charge is 0.394 e. The van der Waals surface area contributed by atoms with Crippen LogP contribution in [0.4, 0.5) is 0 Å². The number of rotatable bonds is 8. The third-order valence-corrected chi connectivity index (χ3v) is 3.30. The quantitative estimate of drug-likeness (QED) is 0.657. The van der Waals surface area contributed by atoms with Crippen LogP contribution in [0.1, 0.15) is 25.3 Å². The van der Waals surface area contributed by atoms with Gasteiger partial charge in [-0.3, -0.25) is 4.79 Å². The molecule has 1 aromatic rings. The molecular formula is C15H24N2O2. The normalized spacial score (nSPS) is 13.8.